The van der Waals surface area contributed by atoms with Crippen molar-refractivity contribution < 1.29 is 0 Å². The number of aromatic nitrogens is 2. The Labute approximate surface area is 201 Å². The van der Waals surface area contributed by atoms with E-state index in [0.29, 0.717) is 0 Å². The van der Waals surface area contributed by atoms with Gasteiger partial charge in [0.25, 0.3) is 0 Å². The maximum absolute atomic E-state index is 6.30. The van der Waals surface area contributed by atoms with E-state index in [-0.39, 0.29) is 12.1 Å². The predicted octanol–water partition coefficient (Wildman–Crippen LogP) is 5.07. The molecule has 32 heavy (non-hydrogen) atoms. The topological polar surface area (TPSA) is 36.3 Å². The van der Waals surface area contributed by atoms with E-state index in [1.54, 1.807) is 0 Å². The molecule has 5 nitrogen and oxygen atoms in total. The third kappa shape index (κ3) is 4.53. The Morgan fingerprint density at radius 3 is 2.62 bits per heavy atom. The zero-order valence-electron chi connectivity index (χ0n) is 19.0. The number of rotatable bonds is 7. The lowest BCUT2D eigenvalue weighted by Gasteiger charge is -2.28. The molecule has 0 unspecified atom stereocenters. The summed E-state index contributed by atoms with van der Waals surface area (Å²) in [5, 5.41) is 5.08. The molecule has 1 fully saturated rings. The molecule has 3 aromatic rings. The van der Waals surface area contributed by atoms with Crippen molar-refractivity contribution in [1.29, 1.82) is 0 Å². The molecule has 4 rings (SSSR count). The van der Waals surface area contributed by atoms with Crippen LogP contribution in [0.25, 0.3) is 5.69 Å². The summed E-state index contributed by atoms with van der Waals surface area (Å²) in [6, 6.07) is 16.4. The molecule has 0 spiro atoms. The second-order valence-electron chi connectivity index (χ2n) is 8.62. The molecule has 1 aliphatic heterocycles. The zero-order valence-corrected chi connectivity index (χ0v) is 20.6. The van der Waals surface area contributed by atoms with Gasteiger partial charge in [-0.15, -0.1) is 0 Å². The van der Waals surface area contributed by atoms with Crippen LogP contribution in [0.2, 0.25) is 5.02 Å². The molecule has 1 aliphatic rings. The molecule has 0 radical (unpaired) electrons. The van der Waals surface area contributed by atoms with Gasteiger partial charge >= 0.3 is 0 Å². The lowest BCUT2D eigenvalue weighted by atomic mass is 9.96. The van der Waals surface area contributed by atoms with E-state index in [0.717, 1.165) is 41.0 Å². The Balaban J connectivity index is 1.77. The Hall–Kier alpha value is -2.41. The summed E-state index contributed by atoms with van der Waals surface area (Å²) in [5.41, 5.74) is 5.70. The molecular formula is C25H30ClN5S. The van der Waals surface area contributed by atoms with Crippen molar-refractivity contribution in [1.82, 2.24) is 24.7 Å². The summed E-state index contributed by atoms with van der Waals surface area (Å²) in [7, 11) is 4.21. The lowest BCUT2D eigenvalue weighted by Crippen LogP contribution is -2.32. The van der Waals surface area contributed by atoms with E-state index in [2.05, 4.69) is 70.8 Å². The largest absolute Gasteiger partial charge is 0.352 e. The van der Waals surface area contributed by atoms with Crippen LogP contribution < -0.4 is 5.32 Å². The molecule has 0 saturated carbocycles. The molecule has 1 N–H and O–H groups in total. The van der Waals surface area contributed by atoms with E-state index in [4.69, 9.17) is 23.8 Å². The van der Waals surface area contributed by atoms with Gasteiger partial charge in [-0.2, -0.15) is 0 Å². The van der Waals surface area contributed by atoms with E-state index in [9.17, 15) is 0 Å². The van der Waals surface area contributed by atoms with Gasteiger partial charge in [0.05, 0.1) is 17.8 Å². The zero-order chi connectivity index (χ0) is 22.8. The number of halogens is 1. The Bertz CT molecular complexity index is 1090. The first-order chi connectivity index (χ1) is 15.4. The highest BCUT2D eigenvalue weighted by Crippen LogP contribution is 2.41. The number of nitrogens with one attached hydrogen (secondary N) is 1. The summed E-state index contributed by atoms with van der Waals surface area (Å²) in [6.45, 7) is 6.23. The first-order valence-electron chi connectivity index (χ1n) is 10.9. The van der Waals surface area contributed by atoms with E-state index in [1.807, 2.05) is 36.5 Å². The van der Waals surface area contributed by atoms with Crippen molar-refractivity contribution in [2.75, 3.05) is 27.2 Å². The van der Waals surface area contributed by atoms with Crippen molar-refractivity contribution in [3.63, 3.8) is 0 Å². The third-order valence-corrected chi connectivity index (χ3v) is 6.64. The van der Waals surface area contributed by atoms with Gasteiger partial charge in [0.1, 0.15) is 0 Å². The molecule has 7 heteroatoms. The van der Waals surface area contributed by atoms with E-state index in [1.165, 1.54) is 17.0 Å². The number of thiocarbonyl (C=S) groups is 1. The molecule has 0 amide bonds. The smallest absolute Gasteiger partial charge is 0.170 e. The number of nitrogens with zero attached hydrogens (tertiary/aromatic N) is 4. The van der Waals surface area contributed by atoms with Crippen LogP contribution in [-0.2, 0) is 0 Å². The number of hydrogen-bond donors (Lipinski definition) is 1. The quantitative estimate of drug-likeness (QED) is 0.491. The average molecular weight is 468 g/mol. The van der Waals surface area contributed by atoms with Crippen LogP contribution in [0.4, 0.5) is 0 Å². The SMILES string of the molecule is Cc1cc([C@H]2[C@H](c3ccccn3)NC(=S)N2CCCN(C)C)c(C)n1-c1cccc(Cl)c1. The maximum Gasteiger partial charge on any atom is 0.170 e. The molecule has 2 atom stereocenters. The summed E-state index contributed by atoms with van der Waals surface area (Å²) < 4.78 is 2.27. The Morgan fingerprint density at radius 1 is 1.12 bits per heavy atom. The highest BCUT2D eigenvalue weighted by Gasteiger charge is 2.41. The Kier molecular flexibility index (Phi) is 6.84. The molecule has 2 aromatic heterocycles. The highest BCUT2D eigenvalue weighted by molar-refractivity contribution is 7.80. The Morgan fingerprint density at radius 2 is 1.94 bits per heavy atom. The minimum atomic E-state index is -0.00336. The second kappa shape index (κ2) is 9.61. The standard InChI is InChI=1S/C25H30ClN5S/c1-17-15-21(18(2)31(17)20-10-7-9-19(26)16-20)24-23(22-11-5-6-12-27-22)28-25(32)30(24)14-8-13-29(3)4/h5-7,9-12,15-16,23-24H,8,13-14H2,1-4H3,(H,28,32)/t23-,24-/m0/s1. The van der Waals surface area contributed by atoms with Crippen molar-refractivity contribution in [3.8, 4) is 5.69 Å². The molecule has 1 saturated heterocycles. The van der Waals surface area contributed by atoms with Crippen LogP contribution in [0.5, 0.6) is 0 Å². The normalized spacial score (nSPS) is 18.4. The number of hydrogen-bond acceptors (Lipinski definition) is 3. The van der Waals surface area contributed by atoms with Crippen LogP contribution in [0.1, 0.15) is 41.1 Å². The first kappa shape index (κ1) is 22.8. The van der Waals surface area contributed by atoms with Gasteiger partial charge in [-0.1, -0.05) is 23.7 Å². The molecule has 0 aliphatic carbocycles. The molecule has 3 heterocycles. The number of benzene rings is 1. The summed E-state index contributed by atoms with van der Waals surface area (Å²) in [6.07, 6.45) is 2.88. The summed E-state index contributed by atoms with van der Waals surface area (Å²) in [5.74, 6) is 0. The van der Waals surface area contributed by atoms with Gasteiger partial charge in [0, 0.05) is 34.8 Å². The van der Waals surface area contributed by atoms with Crippen LogP contribution in [-0.4, -0.2) is 51.6 Å². The fourth-order valence-corrected chi connectivity index (χ4v) is 5.16. The van der Waals surface area contributed by atoms with Crippen LogP contribution >= 0.6 is 23.8 Å². The lowest BCUT2D eigenvalue weighted by molar-refractivity contribution is 0.292. The second-order valence-corrected chi connectivity index (χ2v) is 9.44. The molecule has 0 bridgehead atoms. The summed E-state index contributed by atoms with van der Waals surface area (Å²) in [4.78, 5) is 9.21. The molecule has 1 aromatic carbocycles. The fraction of sp³-hybridized carbons (Fsp3) is 0.360. The van der Waals surface area contributed by atoms with Gasteiger partial charge in [-0.25, -0.2) is 0 Å². The van der Waals surface area contributed by atoms with Crippen LogP contribution in [0.3, 0.4) is 0 Å². The fourth-order valence-electron chi connectivity index (χ4n) is 4.64. The minimum Gasteiger partial charge on any atom is -0.352 e. The van der Waals surface area contributed by atoms with Gasteiger partial charge < -0.3 is 19.7 Å². The van der Waals surface area contributed by atoms with Crippen LogP contribution in [0, 0.1) is 13.8 Å². The monoisotopic (exact) mass is 467 g/mol. The van der Waals surface area contributed by atoms with Crippen molar-refractivity contribution in [2.24, 2.45) is 0 Å². The molecular weight excluding hydrogens is 438 g/mol. The van der Waals surface area contributed by atoms with Crippen LogP contribution in [0.15, 0.2) is 54.7 Å². The average Bonchev–Trinajstić information content (AvgIpc) is 3.24. The van der Waals surface area contributed by atoms with Gasteiger partial charge in [-0.3, -0.25) is 4.98 Å². The maximum atomic E-state index is 6.30. The summed E-state index contributed by atoms with van der Waals surface area (Å²) >= 11 is 12.1. The third-order valence-electron chi connectivity index (χ3n) is 6.06. The van der Waals surface area contributed by atoms with E-state index >= 15 is 0 Å². The first-order valence-corrected chi connectivity index (χ1v) is 11.7. The van der Waals surface area contributed by atoms with Gasteiger partial charge in [0.2, 0.25) is 0 Å². The van der Waals surface area contributed by atoms with Crippen molar-refractivity contribution in [2.45, 2.75) is 32.4 Å². The van der Waals surface area contributed by atoms with Crippen molar-refractivity contribution >= 4 is 28.9 Å². The van der Waals surface area contributed by atoms with Crippen molar-refractivity contribution in [3.05, 3.63) is 82.4 Å². The van der Waals surface area contributed by atoms with Gasteiger partial charge in [-0.05, 0) is 95.1 Å². The predicted molar refractivity (Wildman–Crippen MR) is 136 cm³/mol. The minimum absolute atomic E-state index is 0.00336. The molecule has 168 valence electrons. The number of aryl methyl sites for hydroxylation is 1. The van der Waals surface area contributed by atoms with Gasteiger partial charge in [0.15, 0.2) is 5.11 Å². The van der Waals surface area contributed by atoms with E-state index < -0.39 is 0 Å². The highest BCUT2D eigenvalue weighted by atomic mass is 35.5. The number of pyridine rings is 1.